The van der Waals surface area contributed by atoms with E-state index in [1.165, 1.54) is 23.0 Å². The lowest BCUT2D eigenvalue weighted by atomic mass is 10.3. The molecule has 1 N–H and O–H groups in total. The highest BCUT2D eigenvalue weighted by atomic mass is 35.5. The van der Waals surface area contributed by atoms with Crippen LogP contribution >= 0.6 is 46.4 Å². The third-order valence-corrected chi connectivity index (χ3v) is 5.23. The zero-order chi connectivity index (χ0) is 15.1. The number of hydrogen-bond acceptors (Lipinski definition) is 3. The van der Waals surface area contributed by atoms with Gasteiger partial charge >= 0.3 is 0 Å². The predicted octanol–water partition coefficient (Wildman–Crippen LogP) is 3.83. The second kappa shape index (κ2) is 5.61. The summed E-state index contributed by atoms with van der Waals surface area (Å²) in [7, 11) is -2.41. The van der Waals surface area contributed by atoms with Crippen molar-refractivity contribution in [3.8, 4) is 0 Å². The molecule has 20 heavy (non-hydrogen) atoms. The average molecular weight is 375 g/mol. The van der Waals surface area contributed by atoms with Crippen LogP contribution in [0.2, 0.25) is 20.2 Å². The van der Waals surface area contributed by atoms with Crippen LogP contribution < -0.4 is 4.72 Å². The lowest BCUT2D eigenvalue weighted by Crippen LogP contribution is -2.14. The Balaban J connectivity index is 2.44. The molecule has 0 spiro atoms. The van der Waals surface area contributed by atoms with Crippen molar-refractivity contribution in [2.24, 2.45) is 7.05 Å². The van der Waals surface area contributed by atoms with E-state index in [9.17, 15) is 8.42 Å². The molecule has 0 saturated carbocycles. The Labute approximate surface area is 135 Å². The van der Waals surface area contributed by atoms with E-state index in [1.54, 1.807) is 7.05 Å². The van der Waals surface area contributed by atoms with Crippen LogP contribution in [-0.2, 0) is 17.1 Å². The summed E-state index contributed by atoms with van der Waals surface area (Å²) in [6.45, 7) is 0. The molecule has 108 valence electrons. The third-order valence-electron chi connectivity index (χ3n) is 2.34. The molecular formula is C10H7Cl4N3O2S. The lowest BCUT2D eigenvalue weighted by Gasteiger charge is -2.09. The Bertz CT molecular complexity index is 773. The van der Waals surface area contributed by atoms with Gasteiger partial charge in [-0.3, -0.25) is 4.72 Å². The molecule has 0 bridgehead atoms. The largest absolute Gasteiger partial charge is 0.324 e. The Kier molecular flexibility index (Phi) is 4.41. The third kappa shape index (κ3) is 2.99. The number of benzene rings is 1. The van der Waals surface area contributed by atoms with E-state index in [4.69, 9.17) is 46.4 Å². The van der Waals surface area contributed by atoms with Crippen LogP contribution in [0.5, 0.6) is 0 Å². The highest BCUT2D eigenvalue weighted by Gasteiger charge is 2.23. The van der Waals surface area contributed by atoms with Gasteiger partial charge in [-0.2, -0.15) is 8.42 Å². The monoisotopic (exact) mass is 373 g/mol. The van der Waals surface area contributed by atoms with Crippen LogP contribution in [0, 0.1) is 0 Å². The van der Waals surface area contributed by atoms with Gasteiger partial charge in [-0.15, -0.1) is 0 Å². The minimum atomic E-state index is -3.98. The minimum absolute atomic E-state index is 0.0197. The van der Waals surface area contributed by atoms with E-state index >= 15 is 0 Å². The van der Waals surface area contributed by atoms with Crippen molar-refractivity contribution in [1.29, 1.82) is 0 Å². The summed E-state index contributed by atoms with van der Waals surface area (Å²) in [6.07, 6.45) is 1.29. The summed E-state index contributed by atoms with van der Waals surface area (Å²) in [5.41, 5.74) is 0.0859. The van der Waals surface area contributed by atoms with Crippen LogP contribution in [-0.4, -0.2) is 18.0 Å². The fraction of sp³-hybridized carbons (Fsp3) is 0.100. The maximum atomic E-state index is 12.2. The quantitative estimate of drug-likeness (QED) is 0.830. The second-order valence-electron chi connectivity index (χ2n) is 3.80. The summed E-state index contributed by atoms with van der Waals surface area (Å²) in [5.74, 6) is 0. The first-order valence-corrected chi connectivity index (χ1v) is 8.06. The smallest absolute Gasteiger partial charge is 0.282 e. The lowest BCUT2D eigenvalue weighted by molar-refractivity contribution is 0.598. The molecule has 1 aromatic carbocycles. The van der Waals surface area contributed by atoms with Gasteiger partial charge < -0.3 is 4.57 Å². The van der Waals surface area contributed by atoms with Gasteiger partial charge in [0.25, 0.3) is 10.0 Å². The Morgan fingerprint density at radius 3 is 2.25 bits per heavy atom. The van der Waals surface area contributed by atoms with Crippen LogP contribution in [0.25, 0.3) is 0 Å². The number of nitrogens with one attached hydrogen (secondary N) is 1. The first-order chi connectivity index (χ1) is 9.22. The van der Waals surface area contributed by atoms with Gasteiger partial charge in [0.1, 0.15) is 5.15 Å². The van der Waals surface area contributed by atoms with Gasteiger partial charge in [0.2, 0.25) is 5.03 Å². The van der Waals surface area contributed by atoms with Gasteiger partial charge in [-0.25, -0.2) is 4.98 Å². The average Bonchev–Trinajstić information content (AvgIpc) is 2.67. The maximum absolute atomic E-state index is 12.2. The Hall–Kier alpha value is -0.660. The Morgan fingerprint density at radius 2 is 1.70 bits per heavy atom. The molecular weight excluding hydrogens is 368 g/mol. The number of sulfonamides is 1. The van der Waals surface area contributed by atoms with Crippen molar-refractivity contribution in [3.63, 3.8) is 0 Å². The van der Waals surface area contributed by atoms with Crippen LogP contribution in [0.4, 0.5) is 5.69 Å². The first-order valence-electron chi connectivity index (χ1n) is 5.06. The number of imidazole rings is 1. The van der Waals surface area contributed by atoms with Crippen LogP contribution in [0.15, 0.2) is 23.5 Å². The number of rotatable bonds is 3. The van der Waals surface area contributed by atoms with E-state index in [1.807, 2.05) is 0 Å². The van der Waals surface area contributed by atoms with E-state index in [2.05, 4.69) is 9.71 Å². The number of anilines is 1. The molecule has 5 nitrogen and oxygen atoms in total. The number of aromatic nitrogens is 2. The van der Waals surface area contributed by atoms with Crippen molar-refractivity contribution < 1.29 is 8.42 Å². The zero-order valence-electron chi connectivity index (χ0n) is 9.86. The van der Waals surface area contributed by atoms with Crippen molar-refractivity contribution in [2.45, 2.75) is 5.03 Å². The number of nitrogens with zero attached hydrogens (tertiary/aromatic N) is 2. The summed E-state index contributed by atoms with van der Waals surface area (Å²) in [6, 6.07) is 2.64. The summed E-state index contributed by atoms with van der Waals surface area (Å²) in [5, 5.41) is 0.170. The van der Waals surface area contributed by atoms with Gasteiger partial charge in [-0.05, 0) is 12.1 Å². The first kappa shape index (κ1) is 15.7. The SMILES string of the molecule is Cn1cnc(S(=O)(=O)Nc2cc(Cl)c(Cl)cc2Cl)c1Cl. The second-order valence-corrected chi connectivity index (χ2v) is 6.98. The zero-order valence-corrected chi connectivity index (χ0v) is 13.7. The van der Waals surface area contributed by atoms with Crippen LogP contribution in [0.3, 0.4) is 0 Å². The summed E-state index contributed by atoms with van der Waals surface area (Å²) in [4.78, 5) is 3.73. The van der Waals surface area contributed by atoms with E-state index < -0.39 is 10.0 Å². The molecule has 10 heteroatoms. The molecule has 1 heterocycles. The van der Waals surface area contributed by atoms with Crippen molar-refractivity contribution in [1.82, 2.24) is 9.55 Å². The highest BCUT2D eigenvalue weighted by molar-refractivity contribution is 7.92. The van der Waals surface area contributed by atoms with Gasteiger partial charge in [0.05, 0.1) is 27.1 Å². The number of aryl methyl sites for hydroxylation is 1. The molecule has 2 rings (SSSR count). The molecule has 1 aromatic heterocycles. The fourth-order valence-electron chi connectivity index (χ4n) is 1.37. The van der Waals surface area contributed by atoms with Crippen molar-refractivity contribution in [2.75, 3.05) is 4.72 Å². The standard InChI is InChI=1S/C10H7Cl4N3O2S/c1-17-4-15-10(9(17)14)20(18,19)16-8-3-6(12)5(11)2-7(8)13/h2-4,16H,1H3. The van der Waals surface area contributed by atoms with E-state index in [0.29, 0.717) is 0 Å². The molecule has 0 aliphatic rings. The molecule has 0 aliphatic heterocycles. The molecule has 0 fully saturated rings. The predicted molar refractivity (Wildman–Crippen MR) is 80.5 cm³/mol. The minimum Gasteiger partial charge on any atom is -0.324 e. The van der Waals surface area contributed by atoms with Gasteiger partial charge in [0.15, 0.2) is 0 Å². The molecule has 0 radical (unpaired) electrons. The van der Waals surface area contributed by atoms with Crippen molar-refractivity contribution >= 4 is 62.1 Å². The molecule has 0 amide bonds. The van der Waals surface area contributed by atoms with Gasteiger partial charge in [-0.1, -0.05) is 46.4 Å². The normalized spacial score (nSPS) is 11.7. The van der Waals surface area contributed by atoms with Crippen molar-refractivity contribution in [3.05, 3.63) is 38.7 Å². The topological polar surface area (TPSA) is 64.0 Å². The van der Waals surface area contributed by atoms with Crippen LogP contribution in [0.1, 0.15) is 0 Å². The highest BCUT2D eigenvalue weighted by Crippen LogP contribution is 2.33. The Morgan fingerprint density at radius 1 is 1.10 bits per heavy atom. The van der Waals surface area contributed by atoms with Gasteiger partial charge in [0, 0.05) is 7.05 Å². The fourth-order valence-corrected chi connectivity index (χ4v) is 3.52. The van der Waals surface area contributed by atoms with E-state index in [0.717, 1.165) is 0 Å². The molecule has 2 aromatic rings. The molecule has 0 saturated heterocycles. The molecule has 0 atom stereocenters. The summed E-state index contributed by atoms with van der Waals surface area (Å²) >= 11 is 23.4. The molecule has 0 aliphatic carbocycles. The summed E-state index contributed by atoms with van der Waals surface area (Å²) < 4.78 is 28.0. The van der Waals surface area contributed by atoms with E-state index in [-0.39, 0.29) is 30.9 Å². The number of hydrogen-bond donors (Lipinski definition) is 1. The maximum Gasteiger partial charge on any atom is 0.282 e. The number of halogens is 4. The molecule has 0 unspecified atom stereocenters.